The Bertz CT molecular complexity index is 781. The Morgan fingerprint density at radius 1 is 1.26 bits per heavy atom. The van der Waals surface area contributed by atoms with Gasteiger partial charge in [0.25, 0.3) is 5.91 Å². The van der Waals surface area contributed by atoms with Crippen molar-refractivity contribution in [1.29, 1.82) is 0 Å². The van der Waals surface area contributed by atoms with Crippen LogP contribution in [0.2, 0.25) is 0 Å². The molecule has 0 aliphatic carbocycles. The highest BCUT2D eigenvalue weighted by molar-refractivity contribution is 7.89. The highest BCUT2D eigenvalue weighted by Gasteiger charge is 2.40. The molecule has 2 aliphatic rings. The van der Waals surface area contributed by atoms with Crippen LogP contribution in [-0.2, 0) is 14.8 Å². The molecule has 0 spiro atoms. The summed E-state index contributed by atoms with van der Waals surface area (Å²) in [5, 5.41) is 0. The van der Waals surface area contributed by atoms with Crippen molar-refractivity contribution >= 4 is 15.9 Å². The second-order valence-electron chi connectivity index (χ2n) is 7.60. The largest absolute Gasteiger partial charge is 0.376 e. The van der Waals surface area contributed by atoms with E-state index in [1.54, 1.807) is 36.6 Å². The molecule has 2 saturated heterocycles. The van der Waals surface area contributed by atoms with Crippen molar-refractivity contribution in [3.05, 3.63) is 29.8 Å². The Balaban J connectivity index is 1.90. The molecule has 2 heterocycles. The molecule has 1 aromatic rings. The van der Waals surface area contributed by atoms with E-state index in [-0.39, 0.29) is 29.0 Å². The van der Waals surface area contributed by atoms with Gasteiger partial charge in [0.2, 0.25) is 10.0 Å². The molecule has 3 rings (SSSR count). The summed E-state index contributed by atoms with van der Waals surface area (Å²) in [6.07, 6.45) is 3.89. The molecule has 2 N–H and O–H groups in total. The zero-order valence-electron chi connectivity index (χ0n) is 16.0. The highest BCUT2D eigenvalue weighted by atomic mass is 32.2. The van der Waals surface area contributed by atoms with Crippen LogP contribution in [0.1, 0.15) is 42.5 Å². The Kier molecular flexibility index (Phi) is 6.20. The maximum Gasteiger partial charge on any atom is 0.253 e. The predicted octanol–water partition coefficient (Wildman–Crippen LogP) is 1.44. The number of ether oxygens (including phenoxy) is 1. The number of piperidine rings is 1. The third kappa shape index (κ3) is 4.34. The number of hydrogen-bond donors (Lipinski definition) is 1. The summed E-state index contributed by atoms with van der Waals surface area (Å²) in [6, 6.07) is 6.13. The van der Waals surface area contributed by atoms with Crippen LogP contribution < -0.4 is 5.73 Å². The average Bonchev–Trinajstić information content (AvgIpc) is 2.67. The third-order valence-electron chi connectivity index (χ3n) is 5.38. The monoisotopic (exact) mass is 395 g/mol. The zero-order chi connectivity index (χ0) is 19.6. The van der Waals surface area contributed by atoms with Crippen LogP contribution in [-0.4, -0.2) is 69.0 Å². The van der Waals surface area contributed by atoms with Crippen molar-refractivity contribution in [2.75, 3.05) is 27.2 Å². The molecule has 0 bridgehead atoms. The fourth-order valence-corrected chi connectivity index (χ4v) is 5.67. The number of sulfonamides is 1. The minimum Gasteiger partial charge on any atom is -0.376 e. The van der Waals surface area contributed by atoms with Crippen molar-refractivity contribution in [2.45, 2.75) is 55.2 Å². The van der Waals surface area contributed by atoms with Gasteiger partial charge < -0.3 is 15.4 Å². The molecular weight excluding hydrogens is 366 g/mol. The number of hydrogen-bond acceptors (Lipinski definition) is 5. The first kappa shape index (κ1) is 20.3. The minimum atomic E-state index is -3.72. The molecule has 150 valence electrons. The maximum absolute atomic E-state index is 13.4. The van der Waals surface area contributed by atoms with Gasteiger partial charge in [-0.15, -0.1) is 0 Å². The average molecular weight is 396 g/mol. The Hall–Kier alpha value is -1.48. The summed E-state index contributed by atoms with van der Waals surface area (Å²) < 4.78 is 34.2. The molecule has 2 aliphatic heterocycles. The molecule has 2 fully saturated rings. The van der Waals surface area contributed by atoms with Gasteiger partial charge in [-0.05, 0) is 43.9 Å². The molecule has 3 atom stereocenters. The van der Waals surface area contributed by atoms with Crippen LogP contribution in [0.5, 0.6) is 0 Å². The van der Waals surface area contributed by atoms with Gasteiger partial charge in [0, 0.05) is 38.9 Å². The first-order valence-electron chi connectivity index (χ1n) is 9.51. The number of nitrogens with zero attached hydrogens (tertiary/aromatic N) is 2. The topological polar surface area (TPSA) is 92.9 Å². The maximum atomic E-state index is 13.4. The van der Waals surface area contributed by atoms with Crippen LogP contribution in [0.3, 0.4) is 0 Å². The third-order valence-corrected chi connectivity index (χ3v) is 7.30. The van der Waals surface area contributed by atoms with E-state index in [1.165, 1.54) is 11.0 Å². The Morgan fingerprint density at radius 3 is 2.74 bits per heavy atom. The molecule has 27 heavy (non-hydrogen) atoms. The second-order valence-corrected chi connectivity index (χ2v) is 9.49. The minimum absolute atomic E-state index is 0.0521. The molecule has 1 aromatic carbocycles. The molecule has 0 aromatic heterocycles. The first-order valence-corrected chi connectivity index (χ1v) is 11.0. The van der Waals surface area contributed by atoms with Gasteiger partial charge in [0.15, 0.2) is 0 Å². The molecule has 7 nitrogen and oxygen atoms in total. The summed E-state index contributed by atoms with van der Waals surface area (Å²) in [5.74, 6) is -0.219. The van der Waals surface area contributed by atoms with E-state index in [2.05, 4.69) is 0 Å². The zero-order valence-corrected chi connectivity index (χ0v) is 16.8. The quantitative estimate of drug-likeness (QED) is 0.833. The number of rotatable bonds is 4. The molecular formula is C19H29N3O4S. The predicted molar refractivity (Wildman–Crippen MR) is 103 cm³/mol. The summed E-state index contributed by atoms with van der Waals surface area (Å²) in [6.45, 7) is 1.04. The molecule has 0 saturated carbocycles. The number of nitrogens with two attached hydrogens (primary N) is 1. The lowest BCUT2D eigenvalue weighted by atomic mass is 9.93. The van der Waals surface area contributed by atoms with E-state index in [9.17, 15) is 13.2 Å². The van der Waals surface area contributed by atoms with E-state index in [0.717, 1.165) is 25.7 Å². The number of carbonyl (C=O) groups is 1. The second kappa shape index (κ2) is 8.26. The number of amides is 1. The van der Waals surface area contributed by atoms with E-state index in [4.69, 9.17) is 10.5 Å². The van der Waals surface area contributed by atoms with Gasteiger partial charge in [-0.25, -0.2) is 8.42 Å². The first-order chi connectivity index (χ1) is 12.8. The van der Waals surface area contributed by atoms with Crippen LogP contribution in [0.15, 0.2) is 29.2 Å². The van der Waals surface area contributed by atoms with Crippen molar-refractivity contribution in [3.8, 4) is 0 Å². The Morgan fingerprint density at radius 2 is 2.04 bits per heavy atom. The van der Waals surface area contributed by atoms with Crippen LogP contribution in [0, 0.1) is 0 Å². The van der Waals surface area contributed by atoms with Crippen LogP contribution in [0.25, 0.3) is 0 Å². The summed E-state index contributed by atoms with van der Waals surface area (Å²) in [7, 11) is -0.425. The lowest BCUT2D eigenvalue weighted by Gasteiger charge is -2.41. The lowest BCUT2D eigenvalue weighted by molar-refractivity contribution is -0.0386. The molecule has 0 radical (unpaired) electrons. The van der Waals surface area contributed by atoms with Gasteiger partial charge >= 0.3 is 0 Å². The Labute approximate surface area is 161 Å². The smallest absolute Gasteiger partial charge is 0.253 e. The number of benzene rings is 1. The SMILES string of the molecule is CN(C)C(=O)c1cccc(S(=O)(=O)N2CCCCC2C2CC(N)CCO2)c1. The lowest BCUT2D eigenvalue weighted by Crippen LogP contribution is -2.53. The van der Waals surface area contributed by atoms with E-state index < -0.39 is 10.0 Å². The summed E-state index contributed by atoms with van der Waals surface area (Å²) in [5.41, 5.74) is 6.46. The van der Waals surface area contributed by atoms with Crippen LogP contribution in [0.4, 0.5) is 0 Å². The van der Waals surface area contributed by atoms with Gasteiger partial charge in [-0.3, -0.25) is 4.79 Å². The fraction of sp³-hybridized carbons (Fsp3) is 0.632. The molecule has 8 heteroatoms. The van der Waals surface area contributed by atoms with Crippen LogP contribution >= 0.6 is 0 Å². The normalized spacial score (nSPS) is 27.3. The van der Waals surface area contributed by atoms with Gasteiger partial charge in [-0.2, -0.15) is 4.31 Å². The fourth-order valence-electron chi connectivity index (χ4n) is 3.91. The van der Waals surface area contributed by atoms with Gasteiger partial charge in [-0.1, -0.05) is 12.5 Å². The van der Waals surface area contributed by atoms with Crippen molar-refractivity contribution in [3.63, 3.8) is 0 Å². The van der Waals surface area contributed by atoms with Crippen molar-refractivity contribution in [1.82, 2.24) is 9.21 Å². The van der Waals surface area contributed by atoms with E-state index in [0.29, 0.717) is 25.1 Å². The van der Waals surface area contributed by atoms with Crippen molar-refractivity contribution in [2.24, 2.45) is 5.73 Å². The summed E-state index contributed by atoms with van der Waals surface area (Å²) >= 11 is 0. The van der Waals surface area contributed by atoms with Gasteiger partial charge in [0.05, 0.1) is 17.0 Å². The van der Waals surface area contributed by atoms with E-state index >= 15 is 0 Å². The molecule has 1 amide bonds. The highest BCUT2D eigenvalue weighted by Crippen LogP contribution is 2.31. The molecule has 3 unspecified atom stereocenters. The van der Waals surface area contributed by atoms with Crippen molar-refractivity contribution < 1.29 is 17.9 Å². The van der Waals surface area contributed by atoms with E-state index in [1.807, 2.05) is 0 Å². The van der Waals surface area contributed by atoms with Gasteiger partial charge in [0.1, 0.15) is 0 Å². The summed E-state index contributed by atoms with van der Waals surface area (Å²) in [4.78, 5) is 13.8. The standard InChI is InChI=1S/C19H29N3O4S/c1-21(2)19(23)14-6-5-7-16(12-14)27(24,25)22-10-4-3-8-17(22)18-13-15(20)9-11-26-18/h5-7,12,15,17-18H,3-4,8-11,13,20H2,1-2H3. The number of carbonyl (C=O) groups excluding carboxylic acids is 1.